The average Bonchev–Trinajstić information content (AvgIpc) is 2.49. The van der Waals surface area contributed by atoms with Crippen LogP contribution in [0.2, 0.25) is 0 Å². The zero-order valence-electron chi connectivity index (χ0n) is 15.6. The first-order chi connectivity index (χ1) is 12.1. The second kappa shape index (κ2) is 9.33. The molecule has 0 aromatic heterocycles. The Morgan fingerprint density at radius 3 is 1.81 bits per heavy atom. The second-order valence-electron chi connectivity index (χ2n) is 5.91. The van der Waals surface area contributed by atoms with Crippen molar-refractivity contribution >= 4 is 23.8 Å². The van der Waals surface area contributed by atoms with Crippen LogP contribution in [0.25, 0.3) is 0 Å². The molecule has 5 atom stereocenters. The van der Waals surface area contributed by atoms with Crippen LogP contribution in [0, 0.1) is 0 Å². The lowest BCUT2D eigenvalue weighted by Gasteiger charge is -2.46. The van der Waals surface area contributed by atoms with Gasteiger partial charge in [-0.15, -0.1) is 6.58 Å². The van der Waals surface area contributed by atoms with Crippen molar-refractivity contribution in [3.05, 3.63) is 12.7 Å². The van der Waals surface area contributed by atoms with Gasteiger partial charge in [0.1, 0.15) is 0 Å². The second-order valence-corrected chi connectivity index (χ2v) is 5.91. The third-order valence-corrected chi connectivity index (χ3v) is 3.69. The van der Waals surface area contributed by atoms with E-state index in [-0.39, 0.29) is 12.5 Å². The van der Waals surface area contributed by atoms with E-state index in [2.05, 4.69) is 6.58 Å². The smallest absolute Gasteiger partial charge is 0.303 e. The van der Waals surface area contributed by atoms with Gasteiger partial charge in [-0.1, -0.05) is 6.08 Å². The molecule has 1 aliphatic heterocycles. The van der Waals surface area contributed by atoms with Gasteiger partial charge in [-0.3, -0.25) is 19.2 Å². The van der Waals surface area contributed by atoms with Crippen molar-refractivity contribution < 1.29 is 38.1 Å². The minimum atomic E-state index is -1.18. The quantitative estimate of drug-likeness (QED) is 0.379. The Hall–Kier alpha value is -2.42. The van der Waals surface area contributed by atoms with Crippen LogP contribution < -0.4 is 0 Å². The van der Waals surface area contributed by atoms with E-state index < -0.39 is 48.6 Å². The maximum absolute atomic E-state index is 12.0. The first-order valence-electron chi connectivity index (χ1n) is 8.13. The van der Waals surface area contributed by atoms with Crippen LogP contribution in [0.15, 0.2) is 12.7 Å². The number of esters is 3. The van der Waals surface area contributed by atoms with E-state index >= 15 is 0 Å². The van der Waals surface area contributed by atoms with Crippen LogP contribution in [-0.2, 0) is 38.1 Å². The van der Waals surface area contributed by atoms with Gasteiger partial charge in [-0.2, -0.15) is 0 Å². The Labute approximate surface area is 152 Å². The Bertz CT molecular complexity index is 575. The van der Waals surface area contributed by atoms with Crippen LogP contribution >= 0.6 is 0 Å². The van der Waals surface area contributed by atoms with Crippen molar-refractivity contribution in [1.82, 2.24) is 4.90 Å². The highest BCUT2D eigenvalue weighted by Gasteiger charge is 2.52. The van der Waals surface area contributed by atoms with E-state index in [1.165, 1.54) is 38.7 Å². The fourth-order valence-corrected chi connectivity index (χ4v) is 2.79. The van der Waals surface area contributed by atoms with E-state index in [9.17, 15) is 19.2 Å². The Kier molecular flexibility index (Phi) is 7.76. The molecule has 146 valence electrons. The van der Waals surface area contributed by atoms with Crippen LogP contribution in [-0.4, -0.2) is 65.9 Å². The summed E-state index contributed by atoms with van der Waals surface area (Å²) in [6.45, 7) is 10.2. The fraction of sp³-hybridized carbons (Fsp3) is 0.647. The average molecular weight is 371 g/mol. The van der Waals surface area contributed by atoms with Crippen molar-refractivity contribution in [2.45, 2.75) is 65.3 Å². The highest BCUT2D eigenvalue weighted by atomic mass is 16.7. The number of amides is 1. The van der Waals surface area contributed by atoms with Gasteiger partial charge in [-0.05, 0) is 6.92 Å². The molecule has 1 heterocycles. The Morgan fingerprint density at radius 2 is 1.38 bits per heavy atom. The van der Waals surface area contributed by atoms with Crippen LogP contribution in [0.4, 0.5) is 0 Å². The third kappa shape index (κ3) is 5.55. The highest BCUT2D eigenvalue weighted by Crippen LogP contribution is 2.30. The highest BCUT2D eigenvalue weighted by molar-refractivity contribution is 5.74. The number of carbonyl (C=O) groups excluding carboxylic acids is 4. The molecule has 1 fully saturated rings. The lowest BCUT2D eigenvalue weighted by molar-refractivity contribution is -0.266. The topological polar surface area (TPSA) is 108 Å². The molecule has 0 spiro atoms. The maximum Gasteiger partial charge on any atom is 0.303 e. The number of rotatable bonds is 6. The summed E-state index contributed by atoms with van der Waals surface area (Å²) in [4.78, 5) is 47.9. The van der Waals surface area contributed by atoms with Crippen molar-refractivity contribution in [3.63, 3.8) is 0 Å². The molecule has 1 amide bonds. The first-order valence-corrected chi connectivity index (χ1v) is 8.13. The zero-order valence-corrected chi connectivity index (χ0v) is 15.6. The van der Waals surface area contributed by atoms with Gasteiger partial charge >= 0.3 is 17.9 Å². The number of carbonyl (C=O) groups is 4. The molecule has 0 radical (unpaired) electrons. The molecule has 1 rings (SSSR count). The van der Waals surface area contributed by atoms with Crippen molar-refractivity contribution in [1.29, 1.82) is 0 Å². The molecule has 0 aromatic rings. The van der Waals surface area contributed by atoms with Gasteiger partial charge in [0, 0.05) is 34.2 Å². The zero-order chi connectivity index (χ0) is 20.0. The van der Waals surface area contributed by atoms with E-state index in [1.54, 1.807) is 6.92 Å². The molecule has 9 heteroatoms. The van der Waals surface area contributed by atoms with Gasteiger partial charge in [0.15, 0.2) is 24.5 Å². The molecule has 0 bridgehead atoms. The van der Waals surface area contributed by atoms with E-state index in [0.29, 0.717) is 0 Å². The molecule has 0 unspecified atom stereocenters. The Morgan fingerprint density at radius 1 is 0.923 bits per heavy atom. The summed E-state index contributed by atoms with van der Waals surface area (Å²) >= 11 is 0. The van der Waals surface area contributed by atoms with Gasteiger partial charge < -0.3 is 23.8 Å². The molecule has 1 aliphatic rings. The summed E-state index contributed by atoms with van der Waals surface area (Å²) in [5.41, 5.74) is 0. The normalized spacial score (nSPS) is 27.8. The van der Waals surface area contributed by atoms with Gasteiger partial charge in [0.2, 0.25) is 5.91 Å². The molecule has 26 heavy (non-hydrogen) atoms. The minimum Gasteiger partial charge on any atom is -0.456 e. The van der Waals surface area contributed by atoms with E-state index in [4.69, 9.17) is 18.9 Å². The van der Waals surface area contributed by atoms with Crippen molar-refractivity contribution in [3.8, 4) is 0 Å². The van der Waals surface area contributed by atoms with Gasteiger partial charge in [-0.25, -0.2) is 0 Å². The third-order valence-electron chi connectivity index (χ3n) is 3.69. The minimum absolute atomic E-state index is 0.121. The summed E-state index contributed by atoms with van der Waals surface area (Å²) in [5, 5.41) is 0. The number of hydrogen-bond donors (Lipinski definition) is 0. The summed E-state index contributed by atoms with van der Waals surface area (Å²) in [6, 6.07) is 0. The molecule has 0 N–H and O–H groups in total. The molecular weight excluding hydrogens is 346 g/mol. The predicted octanol–water partition coefficient (Wildman–Crippen LogP) is 0.561. The maximum atomic E-state index is 12.0. The summed E-state index contributed by atoms with van der Waals surface area (Å²) in [6.07, 6.45) is -3.61. The van der Waals surface area contributed by atoms with Crippen LogP contribution in [0.1, 0.15) is 34.6 Å². The molecule has 9 nitrogen and oxygen atoms in total. The lowest BCUT2D eigenvalue weighted by atomic mass is 9.97. The number of hydrogen-bond acceptors (Lipinski definition) is 8. The van der Waals surface area contributed by atoms with Gasteiger partial charge in [0.25, 0.3) is 0 Å². The molecule has 0 aromatic carbocycles. The van der Waals surface area contributed by atoms with Gasteiger partial charge in [0.05, 0.1) is 6.10 Å². The fourth-order valence-electron chi connectivity index (χ4n) is 2.79. The summed E-state index contributed by atoms with van der Waals surface area (Å²) in [7, 11) is 0. The predicted molar refractivity (Wildman–Crippen MR) is 88.6 cm³/mol. The Balaban J connectivity index is 3.35. The number of nitrogens with zero attached hydrogens (tertiary/aromatic N) is 1. The van der Waals surface area contributed by atoms with Crippen LogP contribution in [0.5, 0.6) is 0 Å². The lowest BCUT2D eigenvalue weighted by Crippen LogP contribution is -2.65. The summed E-state index contributed by atoms with van der Waals surface area (Å²) < 4.78 is 21.6. The van der Waals surface area contributed by atoms with E-state index in [1.807, 2.05) is 0 Å². The standard InChI is InChI=1S/C17H25NO8/c1-7-8-18(10(3)19)17-16(26-13(6)22)15(25-12(5)21)14(9(2)23-17)24-11(4)20/h7,9,14-17H,1,8H2,2-6H3/t9-,14+,15+,16-,17-/m0/s1. The first kappa shape index (κ1) is 21.6. The molecule has 1 saturated heterocycles. The van der Waals surface area contributed by atoms with Crippen molar-refractivity contribution in [2.24, 2.45) is 0 Å². The largest absolute Gasteiger partial charge is 0.456 e. The van der Waals surface area contributed by atoms with E-state index in [0.717, 1.165) is 0 Å². The molecule has 0 aliphatic carbocycles. The molecular formula is C17H25NO8. The SMILES string of the molecule is C=CCN(C(C)=O)[C@H]1O[C@@H](C)[C@@H](OC(C)=O)[C@@H](OC(C)=O)[C@@H]1OC(C)=O. The van der Waals surface area contributed by atoms with Crippen LogP contribution in [0.3, 0.4) is 0 Å². The summed E-state index contributed by atoms with van der Waals surface area (Å²) in [5.74, 6) is -2.29. The van der Waals surface area contributed by atoms with Crippen molar-refractivity contribution in [2.75, 3.05) is 6.54 Å². The molecule has 0 saturated carbocycles. The number of ether oxygens (including phenoxy) is 4. The monoisotopic (exact) mass is 371 g/mol.